The van der Waals surface area contributed by atoms with Gasteiger partial charge in [-0.15, -0.1) is 11.3 Å². The van der Waals surface area contributed by atoms with Crippen LogP contribution in [0.15, 0.2) is 42.5 Å². The summed E-state index contributed by atoms with van der Waals surface area (Å²) < 4.78 is 5.75. The topological polar surface area (TPSA) is 26.3 Å². The van der Waals surface area contributed by atoms with Gasteiger partial charge in [0.2, 0.25) is 0 Å². The van der Waals surface area contributed by atoms with Crippen LogP contribution < -0.4 is 4.74 Å². The number of carbonyl (C=O) groups is 1. The number of benzene rings is 1. The Kier molecular flexibility index (Phi) is 4.18. The number of hydrogen-bond acceptors (Lipinski definition) is 3. The van der Waals surface area contributed by atoms with Gasteiger partial charge in [0.15, 0.2) is 5.78 Å². The largest absolute Gasteiger partial charge is 0.497 e. The zero-order chi connectivity index (χ0) is 13.0. The van der Waals surface area contributed by atoms with Crippen molar-refractivity contribution in [3.8, 4) is 5.75 Å². The Balaban J connectivity index is 2.09. The molecule has 0 aliphatic heterocycles. The van der Waals surface area contributed by atoms with E-state index in [1.165, 1.54) is 11.3 Å². The van der Waals surface area contributed by atoms with Crippen molar-refractivity contribution in [3.63, 3.8) is 0 Å². The lowest BCUT2D eigenvalue weighted by molar-refractivity contribution is 0.104. The summed E-state index contributed by atoms with van der Waals surface area (Å²) in [6.45, 7) is 0. The summed E-state index contributed by atoms with van der Waals surface area (Å²) in [5.74, 6) is 0.697. The van der Waals surface area contributed by atoms with Crippen LogP contribution in [-0.4, -0.2) is 12.9 Å². The van der Waals surface area contributed by atoms with Crippen LogP contribution in [0.3, 0.4) is 0 Å². The summed E-state index contributed by atoms with van der Waals surface area (Å²) in [6.07, 6.45) is 3.31. The van der Waals surface area contributed by atoms with Crippen molar-refractivity contribution in [1.29, 1.82) is 0 Å². The van der Waals surface area contributed by atoms with Crippen molar-refractivity contribution in [1.82, 2.24) is 0 Å². The minimum Gasteiger partial charge on any atom is -0.497 e. The fourth-order valence-corrected chi connectivity index (χ4v) is 2.39. The van der Waals surface area contributed by atoms with Crippen LogP contribution in [0.4, 0.5) is 0 Å². The van der Waals surface area contributed by atoms with Crippen LogP contribution in [0.5, 0.6) is 5.75 Å². The van der Waals surface area contributed by atoms with Crippen molar-refractivity contribution in [2.75, 3.05) is 7.11 Å². The average Bonchev–Trinajstić information content (AvgIpc) is 2.82. The minimum atomic E-state index is -0.0397. The lowest BCUT2D eigenvalue weighted by Gasteiger charge is -1.99. The van der Waals surface area contributed by atoms with E-state index in [1.807, 2.05) is 12.1 Å². The van der Waals surface area contributed by atoms with Gasteiger partial charge in [-0.3, -0.25) is 4.79 Å². The number of rotatable bonds is 4. The van der Waals surface area contributed by atoms with Crippen molar-refractivity contribution in [2.24, 2.45) is 0 Å². The first-order chi connectivity index (χ1) is 8.69. The molecule has 1 aromatic heterocycles. The molecule has 2 nitrogen and oxygen atoms in total. The van der Waals surface area contributed by atoms with Gasteiger partial charge in [-0.05, 0) is 48.6 Å². The zero-order valence-corrected chi connectivity index (χ0v) is 11.3. The Hall–Kier alpha value is -1.58. The summed E-state index contributed by atoms with van der Waals surface area (Å²) in [5.41, 5.74) is 0.634. The SMILES string of the molecule is COc1ccc(C(=O)/C=C\c2ccc(Cl)s2)cc1. The molecule has 1 aromatic carbocycles. The third-order valence-corrected chi connectivity index (χ3v) is 3.56. The fraction of sp³-hybridized carbons (Fsp3) is 0.0714. The number of ether oxygens (including phenoxy) is 1. The summed E-state index contributed by atoms with van der Waals surface area (Å²) in [7, 11) is 1.59. The molecule has 0 radical (unpaired) electrons. The molecule has 0 amide bonds. The van der Waals surface area contributed by atoms with E-state index in [0.29, 0.717) is 9.90 Å². The molecular weight excluding hydrogens is 268 g/mol. The highest BCUT2D eigenvalue weighted by Crippen LogP contribution is 2.22. The molecule has 2 aromatic rings. The highest BCUT2D eigenvalue weighted by molar-refractivity contribution is 7.17. The van der Waals surface area contributed by atoms with E-state index < -0.39 is 0 Å². The molecule has 0 spiro atoms. The summed E-state index contributed by atoms with van der Waals surface area (Å²) in [4.78, 5) is 12.8. The molecule has 0 bridgehead atoms. The first-order valence-electron chi connectivity index (χ1n) is 5.31. The first-order valence-corrected chi connectivity index (χ1v) is 6.50. The van der Waals surface area contributed by atoms with Gasteiger partial charge in [0.05, 0.1) is 11.4 Å². The van der Waals surface area contributed by atoms with Gasteiger partial charge < -0.3 is 4.74 Å². The number of hydrogen-bond donors (Lipinski definition) is 0. The van der Waals surface area contributed by atoms with Crippen molar-refractivity contribution in [3.05, 3.63) is 57.3 Å². The average molecular weight is 279 g/mol. The number of halogens is 1. The van der Waals surface area contributed by atoms with Gasteiger partial charge in [0, 0.05) is 10.4 Å². The Morgan fingerprint density at radius 1 is 1.22 bits per heavy atom. The number of carbonyl (C=O) groups excluding carboxylic acids is 1. The lowest BCUT2D eigenvalue weighted by Crippen LogP contribution is -1.93. The van der Waals surface area contributed by atoms with Crippen molar-refractivity contribution in [2.45, 2.75) is 0 Å². The molecule has 1 heterocycles. The van der Waals surface area contributed by atoms with Crippen LogP contribution in [-0.2, 0) is 0 Å². The van der Waals surface area contributed by atoms with Crippen LogP contribution in [0.1, 0.15) is 15.2 Å². The van der Waals surface area contributed by atoms with E-state index in [1.54, 1.807) is 43.5 Å². The third-order valence-electron chi connectivity index (χ3n) is 2.37. The minimum absolute atomic E-state index is 0.0397. The first kappa shape index (κ1) is 12.9. The molecule has 0 N–H and O–H groups in total. The molecule has 18 heavy (non-hydrogen) atoms. The molecule has 4 heteroatoms. The molecule has 92 valence electrons. The van der Waals surface area contributed by atoms with Gasteiger partial charge in [0.25, 0.3) is 0 Å². The highest BCUT2D eigenvalue weighted by Gasteiger charge is 2.02. The molecule has 0 saturated carbocycles. The van der Waals surface area contributed by atoms with Gasteiger partial charge >= 0.3 is 0 Å². The number of thiophene rings is 1. The standard InChI is InChI=1S/C14H11ClO2S/c1-17-11-4-2-10(3-5-11)13(16)8-6-12-7-9-14(15)18-12/h2-9H,1H3/b8-6-. The molecule has 0 atom stereocenters. The van der Waals surface area contributed by atoms with Gasteiger partial charge in [-0.2, -0.15) is 0 Å². The van der Waals surface area contributed by atoms with E-state index in [4.69, 9.17) is 16.3 Å². The molecule has 2 rings (SSSR count). The predicted molar refractivity (Wildman–Crippen MR) is 75.7 cm³/mol. The van der Waals surface area contributed by atoms with Crippen LogP contribution >= 0.6 is 22.9 Å². The quantitative estimate of drug-likeness (QED) is 0.615. The fourth-order valence-electron chi connectivity index (χ4n) is 1.43. The monoisotopic (exact) mass is 278 g/mol. The Morgan fingerprint density at radius 2 is 1.94 bits per heavy atom. The van der Waals surface area contributed by atoms with E-state index in [9.17, 15) is 4.79 Å². The third kappa shape index (κ3) is 3.22. The molecule has 0 aliphatic rings. The second-order valence-electron chi connectivity index (χ2n) is 3.57. The molecule has 0 aliphatic carbocycles. The second-order valence-corrected chi connectivity index (χ2v) is 5.31. The Labute approximate surface area is 114 Å². The van der Waals surface area contributed by atoms with Gasteiger partial charge in [0.1, 0.15) is 5.75 Å². The van der Waals surface area contributed by atoms with Gasteiger partial charge in [-0.25, -0.2) is 0 Å². The van der Waals surface area contributed by atoms with Gasteiger partial charge in [-0.1, -0.05) is 11.6 Å². The van der Waals surface area contributed by atoms with E-state index in [-0.39, 0.29) is 5.78 Å². The molecular formula is C14H11ClO2S. The predicted octanol–water partition coefficient (Wildman–Crippen LogP) is 4.31. The smallest absolute Gasteiger partial charge is 0.185 e. The summed E-state index contributed by atoms with van der Waals surface area (Å²) >= 11 is 7.25. The Morgan fingerprint density at radius 3 is 2.50 bits per heavy atom. The number of methoxy groups -OCH3 is 1. The maximum absolute atomic E-state index is 11.9. The van der Waals surface area contributed by atoms with Crippen LogP contribution in [0.2, 0.25) is 4.34 Å². The highest BCUT2D eigenvalue weighted by atomic mass is 35.5. The normalized spacial score (nSPS) is 10.8. The summed E-state index contributed by atoms with van der Waals surface area (Å²) in [5, 5.41) is 0. The van der Waals surface area contributed by atoms with Crippen LogP contribution in [0, 0.1) is 0 Å². The molecule has 0 unspecified atom stereocenters. The maximum Gasteiger partial charge on any atom is 0.185 e. The molecule has 0 saturated heterocycles. The zero-order valence-electron chi connectivity index (χ0n) is 9.72. The van der Waals surface area contributed by atoms with E-state index in [2.05, 4.69) is 0 Å². The van der Waals surface area contributed by atoms with E-state index >= 15 is 0 Å². The lowest BCUT2D eigenvalue weighted by atomic mass is 10.1. The Bertz CT molecular complexity index is 570. The van der Waals surface area contributed by atoms with Crippen LogP contribution in [0.25, 0.3) is 6.08 Å². The second kappa shape index (κ2) is 5.85. The maximum atomic E-state index is 11.9. The van der Waals surface area contributed by atoms with E-state index in [0.717, 1.165) is 10.6 Å². The summed E-state index contributed by atoms with van der Waals surface area (Å²) in [6, 6.07) is 10.7. The molecule has 0 fully saturated rings. The number of ketones is 1. The van der Waals surface area contributed by atoms with Crippen molar-refractivity contribution < 1.29 is 9.53 Å². The van der Waals surface area contributed by atoms with Crippen molar-refractivity contribution >= 4 is 34.8 Å². The number of allylic oxidation sites excluding steroid dienone is 1.